The normalized spacial score (nSPS) is 12.4. The van der Waals surface area contributed by atoms with E-state index in [0.29, 0.717) is 6.79 Å². The number of ether oxygens (including phenoxy) is 3. The SMILES string of the molecule is CN=C(NCCCCOCCc1ccccc1)NCCc1ccc2c(c1)OCO2.I. The van der Waals surface area contributed by atoms with Crippen LogP contribution in [-0.4, -0.2) is 46.1 Å². The molecule has 0 fully saturated rings. The third-order valence-electron chi connectivity index (χ3n) is 4.75. The van der Waals surface area contributed by atoms with Gasteiger partial charge in [-0.2, -0.15) is 0 Å². The van der Waals surface area contributed by atoms with Gasteiger partial charge in [0.05, 0.1) is 6.61 Å². The molecule has 1 aliphatic rings. The van der Waals surface area contributed by atoms with Crippen molar-refractivity contribution < 1.29 is 14.2 Å². The average Bonchev–Trinajstić information content (AvgIpc) is 3.23. The molecule has 0 saturated carbocycles. The minimum atomic E-state index is 0. The summed E-state index contributed by atoms with van der Waals surface area (Å²) in [6, 6.07) is 16.5. The lowest BCUT2D eigenvalue weighted by molar-refractivity contribution is 0.133. The molecular weight excluding hydrogens is 493 g/mol. The molecule has 0 unspecified atom stereocenters. The molecule has 164 valence electrons. The van der Waals surface area contributed by atoms with E-state index in [1.54, 1.807) is 7.05 Å². The number of hydrogen-bond donors (Lipinski definition) is 2. The summed E-state index contributed by atoms with van der Waals surface area (Å²) in [5.74, 6) is 2.48. The minimum absolute atomic E-state index is 0. The first-order valence-electron chi connectivity index (χ1n) is 10.3. The van der Waals surface area contributed by atoms with Crippen LogP contribution in [-0.2, 0) is 17.6 Å². The van der Waals surface area contributed by atoms with Gasteiger partial charge in [-0.05, 0) is 48.9 Å². The fraction of sp³-hybridized carbons (Fsp3) is 0.435. The topological polar surface area (TPSA) is 64.1 Å². The summed E-state index contributed by atoms with van der Waals surface area (Å²) in [4.78, 5) is 4.28. The maximum atomic E-state index is 5.72. The van der Waals surface area contributed by atoms with Gasteiger partial charge in [-0.1, -0.05) is 36.4 Å². The maximum Gasteiger partial charge on any atom is 0.231 e. The molecule has 1 heterocycles. The zero-order chi connectivity index (χ0) is 20.2. The molecule has 0 atom stereocenters. The van der Waals surface area contributed by atoms with Crippen molar-refractivity contribution in [2.75, 3.05) is 40.1 Å². The molecule has 0 amide bonds. The van der Waals surface area contributed by atoms with Crippen LogP contribution in [0.15, 0.2) is 53.5 Å². The van der Waals surface area contributed by atoms with Crippen molar-refractivity contribution >= 4 is 29.9 Å². The molecule has 0 saturated heterocycles. The Balaban J connectivity index is 0.00000320. The molecule has 0 spiro atoms. The van der Waals surface area contributed by atoms with Gasteiger partial charge < -0.3 is 24.8 Å². The van der Waals surface area contributed by atoms with Crippen LogP contribution in [0.3, 0.4) is 0 Å². The Kier molecular flexibility index (Phi) is 11.4. The fourth-order valence-corrected chi connectivity index (χ4v) is 3.11. The first kappa shape index (κ1) is 24.3. The second-order valence-electron chi connectivity index (χ2n) is 6.92. The van der Waals surface area contributed by atoms with Gasteiger partial charge >= 0.3 is 0 Å². The number of rotatable bonds is 11. The first-order valence-corrected chi connectivity index (χ1v) is 10.3. The van der Waals surface area contributed by atoms with Gasteiger partial charge in [0.25, 0.3) is 0 Å². The molecule has 0 aliphatic carbocycles. The quantitative estimate of drug-likeness (QED) is 0.203. The van der Waals surface area contributed by atoms with E-state index in [2.05, 4.69) is 46.0 Å². The zero-order valence-corrected chi connectivity index (χ0v) is 19.9. The van der Waals surface area contributed by atoms with E-state index >= 15 is 0 Å². The van der Waals surface area contributed by atoms with E-state index < -0.39 is 0 Å². The maximum absolute atomic E-state index is 5.72. The molecule has 0 aromatic heterocycles. The van der Waals surface area contributed by atoms with Crippen LogP contribution >= 0.6 is 24.0 Å². The Hall–Kier alpha value is -2.00. The molecule has 2 aromatic carbocycles. The third-order valence-corrected chi connectivity index (χ3v) is 4.75. The first-order chi connectivity index (χ1) is 14.3. The Morgan fingerprint density at radius 3 is 2.53 bits per heavy atom. The summed E-state index contributed by atoms with van der Waals surface area (Å²) < 4.78 is 16.5. The van der Waals surface area contributed by atoms with Crippen LogP contribution in [0.4, 0.5) is 0 Å². The molecule has 3 rings (SSSR count). The van der Waals surface area contributed by atoms with E-state index in [-0.39, 0.29) is 24.0 Å². The molecule has 0 bridgehead atoms. The van der Waals surface area contributed by atoms with Crippen LogP contribution in [0.2, 0.25) is 0 Å². The Morgan fingerprint density at radius 1 is 0.900 bits per heavy atom. The fourth-order valence-electron chi connectivity index (χ4n) is 3.11. The number of fused-ring (bicyclic) bond motifs is 1. The summed E-state index contributed by atoms with van der Waals surface area (Å²) >= 11 is 0. The lowest BCUT2D eigenvalue weighted by atomic mass is 10.1. The smallest absolute Gasteiger partial charge is 0.231 e. The number of nitrogens with zero attached hydrogens (tertiary/aromatic N) is 1. The average molecular weight is 525 g/mol. The molecule has 0 radical (unpaired) electrons. The Morgan fingerprint density at radius 2 is 1.70 bits per heavy atom. The monoisotopic (exact) mass is 525 g/mol. The number of unbranched alkanes of at least 4 members (excludes halogenated alkanes) is 1. The van der Waals surface area contributed by atoms with E-state index in [1.807, 2.05) is 18.2 Å². The van der Waals surface area contributed by atoms with Crippen molar-refractivity contribution in [3.63, 3.8) is 0 Å². The Bertz CT molecular complexity index is 772. The van der Waals surface area contributed by atoms with Crippen molar-refractivity contribution in [2.45, 2.75) is 25.7 Å². The summed E-state index contributed by atoms with van der Waals surface area (Å²) in [6.45, 7) is 3.57. The van der Waals surface area contributed by atoms with Crippen molar-refractivity contribution in [2.24, 2.45) is 4.99 Å². The predicted octanol–water partition coefficient (Wildman–Crippen LogP) is 3.78. The molecule has 1 aliphatic heterocycles. The van der Waals surface area contributed by atoms with Gasteiger partial charge in [-0.25, -0.2) is 0 Å². The summed E-state index contributed by atoms with van der Waals surface area (Å²) in [6.07, 6.45) is 3.95. The highest BCUT2D eigenvalue weighted by atomic mass is 127. The van der Waals surface area contributed by atoms with Crippen LogP contribution < -0.4 is 20.1 Å². The molecule has 2 N–H and O–H groups in total. The van der Waals surface area contributed by atoms with E-state index in [4.69, 9.17) is 14.2 Å². The molecule has 2 aromatic rings. The summed E-state index contributed by atoms with van der Waals surface area (Å²) in [7, 11) is 1.79. The largest absolute Gasteiger partial charge is 0.454 e. The van der Waals surface area contributed by atoms with Crippen LogP contribution in [0.5, 0.6) is 11.5 Å². The van der Waals surface area contributed by atoms with Gasteiger partial charge in [0.1, 0.15) is 0 Å². The third kappa shape index (κ3) is 8.39. The molecule has 30 heavy (non-hydrogen) atoms. The molecule has 7 heteroatoms. The number of aliphatic imine (C=N–C) groups is 1. The molecular formula is C23H32IN3O3. The number of guanidine groups is 1. The van der Waals surface area contributed by atoms with Gasteiger partial charge in [-0.15, -0.1) is 24.0 Å². The number of benzene rings is 2. The van der Waals surface area contributed by atoms with Gasteiger partial charge in [-0.3, -0.25) is 4.99 Å². The highest BCUT2D eigenvalue weighted by Gasteiger charge is 2.12. The molecule has 6 nitrogen and oxygen atoms in total. The zero-order valence-electron chi connectivity index (χ0n) is 17.6. The van der Waals surface area contributed by atoms with E-state index in [0.717, 1.165) is 69.4 Å². The van der Waals surface area contributed by atoms with Gasteiger partial charge in [0.15, 0.2) is 17.5 Å². The highest BCUT2D eigenvalue weighted by molar-refractivity contribution is 14.0. The van der Waals surface area contributed by atoms with Crippen LogP contribution in [0, 0.1) is 0 Å². The van der Waals surface area contributed by atoms with Gasteiger partial charge in [0, 0.05) is 26.7 Å². The van der Waals surface area contributed by atoms with Crippen molar-refractivity contribution in [3.8, 4) is 11.5 Å². The van der Waals surface area contributed by atoms with Gasteiger partial charge in [0.2, 0.25) is 6.79 Å². The van der Waals surface area contributed by atoms with E-state index in [9.17, 15) is 0 Å². The van der Waals surface area contributed by atoms with Crippen molar-refractivity contribution in [3.05, 3.63) is 59.7 Å². The second-order valence-corrected chi connectivity index (χ2v) is 6.92. The predicted molar refractivity (Wildman–Crippen MR) is 131 cm³/mol. The van der Waals surface area contributed by atoms with Crippen molar-refractivity contribution in [1.82, 2.24) is 10.6 Å². The second kappa shape index (κ2) is 14.1. The minimum Gasteiger partial charge on any atom is -0.454 e. The Labute approximate surface area is 196 Å². The number of halogens is 1. The van der Waals surface area contributed by atoms with Crippen LogP contribution in [0.25, 0.3) is 0 Å². The number of hydrogen-bond acceptors (Lipinski definition) is 4. The lowest BCUT2D eigenvalue weighted by Crippen LogP contribution is -2.38. The lowest BCUT2D eigenvalue weighted by Gasteiger charge is -2.12. The van der Waals surface area contributed by atoms with Crippen LogP contribution in [0.1, 0.15) is 24.0 Å². The van der Waals surface area contributed by atoms with E-state index in [1.165, 1.54) is 11.1 Å². The van der Waals surface area contributed by atoms with Crippen molar-refractivity contribution in [1.29, 1.82) is 0 Å². The summed E-state index contributed by atoms with van der Waals surface area (Å²) in [5, 5.41) is 6.70. The highest BCUT2D eigenvalue weighted by Crippen LogP contribution is 2.32. The standard InChI is InChI=1S/C23H31N3O3.HI/c1-24-23(26-14-11-20-9-10-21-22(17-20)29-18-28-21)25-13-5-6-15-27-16-12-19-7-3-2-4-8-19;/h2-4,7-10,17H,5-6,11-16,18H2,1H3,(H2,24,25,26);1H. The number of nitrogens with one attached hydrogen (secondary N) is 2. The summed E-state index contributed by atoms with van der Waals surface area (Å²) in [5.41, 5.74) is 2.54.